The van der Waals surface area contributed by atoms with Crippen molar-refractivity contribution in [1.82, 2.24) is 10.8 Å². The van der Waals surface area contributed by atoms with Crippen LogP contribution in [0, 0.1) is 5.92 Å². The first-order valence-corrected chi connectivity index (χ1v) is 6.87. The van der Waals surface area contributed by atoms with E-state index in [0.717, 1.165) is 31.6 Å². The third-order valence-corrected chi connectivity index (χ3v) is 4.13. The fourth-order valence-corrected chi connectivity index (χ4v) is 2.97. The second kappa shape index (κ2) is 5.69. The number of nitrogens with one attached hydrogen (secondary N) is 2. The van der Waals surface area contributed by atoms with Gasteiger partial charge in [-0.3, -0.25) is 14.8 Å². The number of hydrogen-bond donors (Lipinski definition) is 3. The van der Waals surface area contributed by atoms with Crippen molar-refractivity contribution < 1.29 is 14.8 Å². The van der Waals surface area contributed by atoms with Gasteiger partial charge in [-0.25, -0.2) is 5.48 Å². The Kier molecular flexibility index (Phi) is 4.22. The monoisotopic (exact) mass is 254 g/mol. The van der Waals surface area contributed by atoms with Gasteiger partial charge in [-0.15, -0.1) is 0 Å². The molecule has 3 rings (SSSR count). The fourth-order valence-electron chi connectivity index (χ4n) is 2.97. The zero-order valence-electron chi connectivity index (χ0n) is 10.7. The second-order valence-corrected chi connectivity index (χ2v) is 5.76. The van der Waals surface area contributed by atoms with Crippen LogP contribution in [0.5, 0.6) is 0 Å². The minimum atomic E-state index is -0.337. The highest BCUT2D eigenvalue weighted by molar-refractivity contribution is 5.77. The summed E-state index contributed by atoms with van der Waals surface area (Å²) in [6, 6.07) is 0. The lowest BCUT2D eigenvalue weighted by atomic mass is 9.50. The van der Waals surface area contributed by atoms with Crippen LogP contribution in [-0.2, 0) is 9.59 Å². The summed E-state index contributed by atoms with van der Waals surface area (Å²) in [5, 5.41) is 11.4. The van der Waals surface area contributed by atoms with Gasteiger partial charge in [0.1, 0.15) is 0 Å². The van der Waals surface area contributed by atoms with E-state index in [9.17, 15) is 9.59 Å². The molecule has 0 saturated heterocycles. The highest BCUT2D eigenvalue weighted by Gasteiger charge is 2.57. The molecule has 3 saturated carbocycles. The fraction of sp³-hybridized carbons (Fsp3) is 0.846. The number of carbonyl (C=O) groups is 2. The first-order valence-electron chi connectivity index (χ1n) is 6.87. The number of rotatable bonds is 8. The SMILES string of the molecule is O=C(CCCCCCC(=O)NC12CC(C1)C2)NO. The highest BCUT2D eigenvalue weighted by atomic mass is 16.5. The van der Waals surface area contributed by atoms with E-state index in [-0.39, 0.29) is 17.4 Å². The lowest BCUT2D eigenvalue weighted by Gasteiger charge is -2.61. The Morgan fingerprint density at radius 2 is 1.56 bits per heavy atom. The average molecular weight is 254 g/mol. The summed E-state index contributed by atoms with van der Waals surface area (Å²) >= 11 is 0. The Labute approximate surface area is 107 Å². The quantitative estimate of drug-likeness (QED) is 0.349. The number of hydroxylamine groups is 1. The van der Waals surface area contributed by atoms with Crippen molar-refractivity contribution in [3.05, 3.63) is 0 Å². The molecule has 3 aliphatic rings. The van der Waals surface area contributed by atoms with Gasteiger partial charge >= 0.3 is 0 Å². The summed E-state index contributed by atoms with van der Waals surface area (Å²) in [6.07, 6.45) is 8.05. The lowest BCUT2D eigenvalue weighted by molar-refractivity contribution is -0.133. The molecule has 2 bridgehead atoms. The molecular weight excluding hydrogens is 232 g/mol. The molecule has 0 heterocycles. The largest absolute Gasteiger partial charge is 0.351 e. The van der Waals surface area contributed by atoms with Crippen LogP contribution in [0.3, 0.4) is 0 Å². The topological polar surface area (TPSA) is 78.4 Å². The molecular formula is C13H22N2O3. The molecule has 5 nitrogen and oxygen atoms in total. The van der Waals surface area contributed by atoms with Crippen molar-refractivity contribution in [2.45, 2.75) is 63.3 Å². The van der Waals surface area contributed by atoms with Crippen molar-refractivity contribution in [3.63, 3.8) is 0 Å². The predicted octanol–water partition coefficient (Wildman–Crippen LogP) is 1.50. The van der Waals surface area contributed by atoms with E-state index in [1.807, 2.05) is 0 Å². The van der Waals surface area contributed by atoms with Crippen molar-refractivity contribution in [2.75, 3.05) is 0 Å². The van der Waals surface area contributed by atoms with E-state index in [4.69, 9.17) is 5.21 Å². The summed E-state index contributed by atoms with van der Waals surface area (Å²) in [7, 11) is 0. The maximum Gasteiger partial charge on any atom is 0.243 e. The number of unbranched alkanes of at least 4 members (excludes halogenated alkanes) is 3. The van der Waals surface area contributed by atoms with Crippen molar-refractivity contribution >= 4 is 11.8 Å². The summed E-state index contributed by atoms with van der Waals surface area (Å²) in [5.41, 5.74) is 1.81. The summed E-state index contributed by atoms with van der Waals surface area (Å²) in [6.45, 7) is 0. The van der Waals surface area contributed by atoms with Gasteiger partial charge in [-0.05, 0) is 38.0 Å². The van der Waals surface area contributed by atoms with Gasteiger partial charge in [0.15, 0.2) is 0 Å². The first kappa shape index (κ1) is 13.3. The molecule has 0 aliphatic heterocycles. The maximum atomic E-state index is 11.7. The lowest BCUT2D eigenvalue weighted by Crippen LogP contribution is -2.68. The van der Waals surface area contributed by atoms with Gasteiger partial charge in [0.2, 0.25) is 11.8 Å². The highest BCUT2D eigenvalue weighted by Crippen LogP contribution is 2.56. The zero-order chi connectivity index (χ0) is 13.0. The third-order valence-electron chi connectivity index (χ3n) is 4.13. The normalized spacial score (nSPS) is 27.9. The molecule has 0 spiro atoms. The Bertz CT molecular complexity index is 313. The van der Waals surface area contributed by atoms with Gasteiger partial charge in [-0.1, -0.05) is 12.8 Å². The molecule has 0 aromatic carbocycles. The summed E-state index contributed by atoms with van der Waals surface area (Å²) in [4.78, 5) is 22.4. The van der Waals surface area contributed by atoms with Gasteiger partial charge in [0, 0.05) is 18.4 Å². The zero-order valence-corrected chi connectivity index (χ0v) is 10.7. The average Bonchev–Trinajstić information content (AvgIpc) is 2.26. The van der Waals surface area contributed by atoms with E-state index in [1.165, 1.54) is 19.3 Å². The molecule has 0 atom stereocenters. The molecule has 0 unspecified atom stereocenters. The Morgan fingerprint density at radius 3 is 2.00 bits per heavy atom. The maximum absolute atomic E-state index is 11.7. The first-order chi connectivity index (χ1) is 8.63. The van der Waals surface area contributed by atoms with Crippen LogP contribution >= 0.6 is 0 Å². The van der Waals surface area contributed by atoms with Crippen molar-refractivity contribution in [2.24, 2.45) is 5.92 Å². The van der Waals surface area contributed by atoms with Gasteiger partial charge in [0.25, 0.3) is 0 Å². The number of carbonyl (C=O) groups excluding carboxylic acids is 2. The second-order valence-electron chi connectivity index (χ2n) is 5.76. The van der Waals surface area contributed by atoms with E-state index >= 15 is 0 Å². The Hall–Kier alpha value is -1.10. The molecule has 0 aromatic heterocycles. The number of amides is 2. The molecule has 3 fully saturated rings. The molecule has 0 radical (unpaired) electrons. The van der Waals surface area contributed by atoms with E-state index in [0.29, 0.717) is 12.8 Å². The molecule has 2 amide bonds. The van der Waals surface area contributed by atoms with Crippen LogP contribution in [0.25, 0.3) is 0 Å². The minimum absolute atomic E-state index is 0.182. The smallest absolute Gasteiger partial charge is 0.243 e. The molecule has 0 aromatic rings. The van der Waals surface area contributed by atoms with Gasteiger partial charge in [0.05, 0.1) is 0 Å². The van der Waals surface area contributed by atoms with Crippen LogP contribution < -0.4 is 10.8 Å². The van der Waals surface area contributed by atoms with Gasteiger partial charge < -0.3 is 5.32 Å². The molecule has 18 heavy (non-hydrogen) atoms. The standard InChI is InChI=1S/C13H22N2O3/c16-11(14-13-7-10(8-13)9-13)5-3-1-2-4-6-12(17)15-18/h10,18H,1-9H2,(H,14,16)(H,15,17). The number of hydrogen-bond acceptors (Lipinski definition) is 3. The Morgan fingerprint density at radius 1 is 1.00 bits per heavy atom. The van der Waals surface area contributed by atoms with Crippen LogP contribution in [-0.4, -0.2) is 22.6 Å². The van der Waals surface area contributed by atoms with E-state index in [1.54, 1.807) is 5.48 Å². The Balaban J connectivity index is 1.43. The molecule has 5 heteroatoms. The predicted molar refractivity (Wildman–Crippen MR) is 65.8 cm³/mol. The third kappa shape index (κ3) is 3.22. The molecule has 3 N–H and O–H groups in total. The van der Waals surface area contributed by atoms with Crippen LogP contribution in [0.2, 0.25) is 0 Å². The van der Waals surface area contributed by atoms with Crippen LogP contribution in [0.15, 0.2) is 0 Å². The summed E-state index contributed by atoms with van der Waals surface area (Å²) in [5.74, 6) is 0.737. The van der Waals surface area contributed by atoms with E-state index < -0.39 is 0 Å². The minimum Gasteiger partial charge on any atom is -0.351 e. The summed E-state index contributed by atoms with van der Waals surface area (Å²) < 4.78 is 0. The molecule has 3 aliphatic carbocycles. The molecule has 102 valence electrons. The van der Waals surface area contributed by atoms with Crippen molar-refractivity contribution in [3.8, 4) is 0 Å². The van der Waals surface area contributed by atoms with Crippen LogP contribution in [0.1, 0.15) is 57.8 Å². The van der Waals surface area contributed by atoms with Gasteiger partial charge in [-0.2, -0.15) is 0 Å². The van der Waals surface area contributed by atoms with Crippen LogP contribution in [0.4, 0.5) is 0 Å². The van der Waals surface area contributed by atoms with E-state index in [2.05, 4.69) is 5.32 Å². The van der Waals surface area contributed by atoms with Crippen molar-refractivity contribution in [1.29, 1.82) is 0 Å².